The number of hydrogen-bond donors (Lipinski definition) is 1. The highest BCUT2D eigenvalue weighted by Crippen LogP contribution is 2.28. The molecule has 2 rings (SSSR count). The molecule has 4 heteroatoms. The molecule has 2 aromatic rings. The van der Waals surface area contributed by atoms with Gasteiger partial charge in [0.15, 0.2) is 0 Å². The Morgan fingerprint density at radius 3 is 2.39 bits per heavy atom. The normalized spacial score (nSPS) is 12.4. The van der Waals surface area contributed by atoms with Crippen LogP contribution in [0.15, 0.2) is 42.5 Å². The summed E-state index contributed by atoms with van der Waals surface area (Å²) in [6.07, 6.45) is 0.561. The van der Waals surface area contributed by atoms with Crippen LogP contribution >= 0.6 is 23.2 Å². The predicted molar refractivity (Wildman–Crippen MR) is 73.5 cm³/mol. The van der Waals surface area contributed by atoms with Crippen molar-refractivity contribution in [3.05, 3.63) is 69.5 Å². The zero-order valence-corrected chi connectivity index (χ0v) is 11.0. The molecule has 1 unspecified atom stereocenters. The van der Waals surface area contributed by atoms with Gasteiger partial charge in [-0.25, -0.2) is 4.39 Å². The van der Waals surface area contributed by atoms with Gasteiger partial charge >= 0.3 is 0 Å². The van der Waals surface area contributed by atoms with Gasteiger partial charge in [-0.3, -0.25) is 0 Å². The Labute approximate surface area is 115 Å². The molecule has 1 nitrogen and oxygen atoms in total. The number of hydrogen-bond acceptors (Lipinski definition) is 1. The third kappa shape index (κ3) is 3.02. The summed E-state index contributed by atoms with van der Waals surface area (Å²) in [7, 11) is 0. The van der Waals surface area contributed by atoms with E-state index in [1.165, 1.54) is 12.1 Å². The van der Waals surface area contributed by atoms with Crippen LogP contribution in [0.3, 0.4) is 0 Å². The maximum absolute atomic E-state index is 12.8. The van der Waals surface area contributed by atoms with Crippen molar-refractivity contribution < 1.29 is 4.39 Å². The highest BCUT2D eigenvalue weighted by atomic mass is 35.5. The molecular weight excluding hydrogens is 272 g/mol. The lowest BCUT2D eigenvalue weighted by Gasteiger charge is -2.13. The SMILES string of the molecule is NC(Cc1cccc(Cl)c1Cl)c1ccc(F)cc1. The molecule has 0 saturated heterocycles. The van der Waals surface area contributed by atoms with Crippen LogP contribution in [0, 0.1) is 5.82 Å². The van der Waals surface area contributed by atoms with Crippen molar-refractivity contribution >= 4 is 23.2 Å². The smallest absolute Gasteiger partial charge is 0.123 e. The van der Waals surface area contributed by atoms with Crippen LogP contribution in [-0.2, 0) is 6.42 Å². The van der Waals surface area contributed by atoms with Gasteiger partial charge < -0.3 is 5.73 Å². The van der Waals surface area contributed by atoms with E-state index in [1.807, 2.05) is 12.1 Å². The van der Waals surface area contributed by atoms with Gasteiger partial charge in [-0.15, -0.1) is 0 Å². The third-order valence-electron chi connectivity index (χ3n) is 2.77. The first-order valence-corrected chi connectivity index (χ1v) is 6.27. The first-order valence-electron chi connectivity index (χ1n) is 5.52. The Morgan fingerprint density at radius 1 is 1.06 bits per heavy atom. The van der Waals surface area contributed by atoms with Crippen LogP contribution in [0.1, 0.15) is 17.2 Å². The van der Waals surface area contributed by atoms with Crippen LogP contribution < -0.4 is 5.73 Å². The average Bonchev–Trinajstić information content (AvgIpc) is 2.36. The summed E-state index contributed by atoms with van der Waals surface area (Å²) >= 11 is 12.0. The summed E-state index contributed by atoms with van der Waals surface area (Å²) in [5.41, 5.74) is 7.83. The molecule has 0 aliphatic rings. The molecule has 0 amide bonds. The molecule has 0 saturated carbocycles. The fourth-order valence-electron chi connectivity index (χ4n) is 1.77. The zero-order chi connectivity index (χ0) is 13.1. The first kappa shape index (κ1) is 13.3. The second-order valence-electron chi connectivity index (χ2n) is 4.08. The van der Waals surface area contributed by atoms with Crippen LogP contribution in [-0.4, -0.2) is 0 Å². The lowest BCUT2D eigenvalue weighted by atomic mass is 10.00. The first-order chi connectivity index (χ1) is 8.58. The molecule has 2 aromatic carbocycles. The lowest BCUT2D eigenvalue weighted by molar-refractivity contribution is 0.624. The second-order valence-corrected chi connectivity index (χ2v) is 4.86. The average molecular weight is 284 g/mol. The van der Waals surface area contributed by atoms with Gasteiger partial charge in [0, 0.05) is 6.04 Å². The Morgan fingerprint density at radius 2 is 1.72 bits per heavy atom. The lowest BCUT2D eigenvalue weighted by Crippen LogP contribution is -2.13. The van der Waals surface area contributed by atoms with E-state index < -0.39 is 0 Å². The molecule has 0 fully saturated rings. The number of rotatable bonds is 3. The predicted octanol–water partition coefficient (Wildman–Crippen LogP) is 4.38. The Balaban J connectivity index is 2.18. The Hall–Kier alpha value is -1.09. The summed E-state index contributed by atoms with van der Waals surface area (Å²) in [4.78, 5) is 0. The van der Waals surface area contributed by atoms with Crippen LogP contribution in [0.4, 0.5) is 4.39 Å². The van der Waals surface area contributed by atoms with Crippen molar-refractivity contribution in [3.63, 3.8) is 0 Å². The van der Waals surface area contributed by atoms with Crippen LogP contribution in [0.25, 0.3) is 0 Å². The number of halogens is 3. The monoisotopic (exact) mass is 283 g/mol. The maximum Gasteiger partial charge on any atom is 0.123 e. The summed E-state index contributed by atoms with van der Waals surface area (Å²) in [5.74, 6) is -0.272. The minimum atomic E-state index is -0.272. The molecule has 0 radical (unpaired) electrons. The van der Waals surface area contributed by atoms with Crippen molar-refractivity contribution in [1.29, 1.82) is 0 Å². The fraction of sp³-hybridized carbons (Fsp3) is 0.143. The number of nitrogens with two attached hydrogens (primary N) is 1. The molecule has 0 bridgehead atoms. The molecule has 94 valence electrons. The fourth-order valence-corrected chi connectivity index (χ4v) is 2.17. The molecular formula is C14H12Cl2FN. The summed E-state index contributed by atoms with van der Waals surface area (Å²) in [6.45, 7) is 0. The van der Waals surface area contributed by atoms with Gasteiger partial charge in [0.2, 0.25) is 0 Å². The van der Waals surface area contributed by atoms with Gasteiger partial charge in [0.1, 0.15) is 5.82 Å². The van der Waals surface area contributed by atoms with Gasteiger partial charge in [0.25, 0.3) is 0 Å². The minimum Gasteiger partial charge on any atom is -0.324 e. The van der Waals surface area contributed by atoms with Gasteiger partial charge in [-0.05, 0) is 35.7 Å². The topological polar surface area (TPSA) is 26.0 Å². The standard InChI is InChI=1S/C14H12Cl2FN/c15-12-3-1-2-10(14(12)16)8-13(18)9-4-6-11(17)7-5-9/h1-7,13H,8,18H2. The molecule has 0 aromatic heterocycles. The molecule has 0 aliphatic carbocycles. The van der Waals surface area contributed by atoms with Gasteiger partial charge in [0.05, 0.1) is 10.0 Å². The van der Waals surface area contributed by atoms with E-state index in [1.54, 1.807) is 18.2 Å². The van der Waals surface area contributed by atoms with E-state index in [0.717, 1.165) is 11.1 Å². The highest BCUT2D eigenvalue weighted by molar-refractivity contribution is 6.42. The molecule has 18 heavy (non-hydrogen) atoms. The molecule has 0 aliphatic heterocycles. The molecule has 0 heterocycles. The van der Waals surface area contributed by atoms with E-state index in [2.05, 4.69) is 0 Å². The van der Waals surface area contributed by atoms with Crippen molar-refractivity contribution in [1.82, 2.24) is 0 Å². The van der Waals surface area contributed by atoms with E-state index in [-0.39, 0.29) is 11.9 Å². The van der Waals surface area contributed by atoms with Crippen molar-refractivity contribution in [2.45, 2.75) is 12.5 Å². The van der Waals surface area contributed by atoms with Crippen LogP contribution in [0.2, 0.25) is 10.0 Å². The number of benzene rings is 2. The summed E-state index contributed by atoms with van der Waals surface area (Å²) in [6, 6.07) is 11.4. The van der Waals surface area contributed by atoms with E-state index in [9.17, 15) is 4.39 Å². The quantitative estimate of drug-likeness (QED) is 0.889. The van der Waals surface area contributed by atoms with Gasteiger partial charge in [-0.2, -0.15) is 0 Å². The van der Waals surface area contributed by atoms with Crippen molar-refractivity contribution in [3.8, 4) is 0 Å². The largest absolute Gasteiger partial charge is 0.324 e. The van der Waals surface area contributed by atoms with E-state index in [4.69, 9.17) is 28.9 Å². The molecule has 2 N–H and O–H groups in total. The zero-order valence-electron chi connectivity index (χ0n) is 9.54. The van der Waals surface area contributed by atoms with E-state index in [0.29, 0.717) is 16.5 Å². The molecule has 0 spiro atoms. The Bertz CT molecular complexity index is 540. The molecule has 1 atom stereocenters. The maximum atomic E-state index is 12.8. The van der Waals surface area contributed by atoms with Gasteiger partial charge in [-0.1, -0.05) is 47.5 Å². The summed E-state index contributed by atoms with van der Waals surface area (Å²) < 4.78 is 12.8. The highest BCUT2D eigenvalue weighted by Gasteiger charge is 2.11. The van der Waals surface area contributed by atoms with Crippen molar-refractivity contribution in [2.75, 3.05) is 0 Å². The second kappa shape index (κ2) is 5.70. The van der Waals surface area contributed by atoms with Crippen molar-refractivity contribution in [2.24, 2.45) is 5.73 Å². The van der Waals surface area contributed by atoms with Crippen LogP contribution in [0.5, 0.6) is 0 Å². The van der Waals surface area contributed by atoms with E-state index >= 15 is 0 Å². The summed E-state index contributed by atoms with van der Waals surface area (Å²) in [5, 5.41) is 1.04. The Kier molecular flexibility index (Phi) is 4.23. The third-order valence-corrected chi connectivity index (χ3v) is 3.63. The minimum absolute atomic E-state index is 0.235.